The van der Waals surface area contributed by atoms with Gasteiger partial charge in [0.15, 0.2) is 0 Å². The van der Waals surface area contributed by atoms with Gasteiger partial charge in [-0.15, -0.1) is 0 Å². The van der Waals surface area contributed by atoms with Gasteiger partial charge in [0, 0.05) is 19.3 Å². The minimum Gasteiger partial charge on any atom is -0.355 e. The number of nitrogens with one attached hydrogen (secondary N) is 2. The normalized spacial score (nSPS) is 12.2. The highest BCUT2D eigenvalue weighted by atomic mass is 16.2. The molecular formula is C13H21N3O. The molecule has 0 spiro atoms. The SMILES string of the molecule is CCCNC(=O)C(C)NCc1ccc(C)cn1. The third-order valence-electron chi connectivity index (χ3n) is 2.50. The summed E-state index contributed by atoms with van der Waals surface area (Å²) in [5, 5.41) is 6.01. The number of carbonyl (C=O) groups excluding carboxylic acids is 1. The van der Waals surface area contributed by atoms with Gasteiger partial charge in [0.05, 0.1) is 11.7 Å². The summed E-state index contributed by atoms with van der Waals surface area (Å²) in [4.78, 5) is 15.9. The molecule has 1 aromatic heterocycles. The van der Waals surface area contributed by atoms with Gasteiger partial charge in [-0.2, -0.15) is 0 Å². The Morgan fingerprint density at radius 2 is 2.24 bits per heavy atom. The van der Waals surface area contributed by atoms with E-state index in [1.54, 1.807) is 0 Å². The van der Waals surface area contributed by atoms with Gasteiger partial charge in [0.1, 0.15) is 0 Å². The zero-order chi connectivity index (χ0) is 12.7. The first-order valence-corrected chi connectivity index (χ1v) is 6.06. The van der Waals surface area contributed by atoms with Crippen LogP contribution in [0, 0.1) is 6.92 Å². The molecule has 0 bridgehead atoms. The van der Waals surface area contributed by atoms with E-state index in [0.29, 0.717) is 6.54 Å². The fourth-order valence-electron chi connectivity index (χ4n) is 1.35. The average molecular weight is 235 g/mol. The third kappa shape index (κ3) is 4.95. The Bertz CT molecular complexity index is 348. The summed E-state index contributed by atoms with van der Waals surface area (Å²) < 4.78 is 0. The van der Waals surface area contributed by atoms with E-state index in [1.807, 2.05) is 39.1 Å². The zero-order valence-corrected chi connectivity index (χ0v) is 10.8. The number of hydrogen-bond acceptors (Lipinski definition) is 3. The molecule has 4 heteroatoms. The summed E-state index contributed by atoms with van der Waals surface area (Å²) in [7, 11) is 0. The standard InChI is InChI=1S/C13H21N3O/c1-4-7-14-13(17)11(3)15-9-12-6-5-10(2)8-16-12/h5-6,8,11,15H,4,7,9H2,1-3H3,(H,14,17). The number of amides is 1. The maximum Gasteiger partial charge on any atom is 0.236 e. The number of carbonyl (C=O) groups is 1. The van der Waals surface area contributed by atoms with Crippen molar-refractivity contribution in [3.05, 3.63) is 29.6 Å². The Morgan fingerprint density at radius 3 is 2.82 bits per heavy atom. The number of aryl methyl sites for hydroxylation is 1. The van der Waals surface area contributed by atoms with Gasteiger partial charge in [0.25, 0.3) is 0 Å². The molecular weight excluding hydrogens is 214 g/mol. The van der Waals surface area contributed by atoms with Gasteiger partial charge in [-0.3, -0.25) is 9.78 Å². The second-order valence-electron chi connectivity index (χ2n) is 4.22. The van der Waals surface area contributed by atoms with Crippen molar-refractivity contribution in [3.63, 3.8) is 0 Å². The molecule has 0 aliphatic heterocycles. The highest BCUT2D eigenvalue weighted by molar-refractivity contribution is 5.81. The van der Waals surface area contributed by atoms with E-state index in [1.165, 1.54) is 0 Å². The van der Waals surface area contributed by atoms with Gasteiger partial charge in [-0.05, 0) is 31.9 Å². The second kappa shape index (κ2) is 7.01. The molecule has 1 atom stereocenters. The minimum atomic E-state index is -0.190. The summed E-state index contributed by atoms with van der Waals surface area (Å²) in [6.07, 6.45) is 2.79. The molecule has 94 valence electrons. The second-order valence-corrected chi connectivity index (χ2v) is 4.22. The Hall–Kier alpha value is -1.42. The Morgan fingerprint density at radius 1 is 1.47 bits per heavy atom. The van der Waals surface area contributed by atoms with Crippen molar-refractivity contribution in [3.8, 4) is 0 Å². The highest BCUT2D eigenvalue weighted by Crippen LogP contribution is 1.98. The number of hydrogen-bond donors (Lipinski definition) is 2. The Kier molecular flexibility index (Phi) is 5.63. The van der Waals surface area contributed by atoms with Crippen LogP contribution in [-0.2, 0) is 11.3 Å². The van der Waals surface area contributed by atoms with Crippen LogP contribution in [0.5, 0.6) is 0 Å². The summed E-state index contributed by atoms with van der Waals surface area (Å²) >= 11 is 0. The lowest BCUT2D eigenvalue weighted by Gasteiger charge is -2.13. The van der Waals surface area contributed by atoms with Crippen molar-refractivity contribution < 1.29 is 4.79 Å². The molecule has 4 nitrogen and oxygen atoms in total. The molecule has 1 aromatic rings. The molecule has 1 unspecified atom stereocenters. The van der Waals surface area contributed by atoms with Crippen LogP contribution in [0.3, 0.4) is 0 Å². The Balaban J connectivity index is 2.34. The van der Waals surface area contributed by atoms with Crippen molar-refractivity contribution in [1.29, 1.82) is 0 Å². The van der Waals surface area contributed by atoms with Gasteiger partial charge in [-0.25, -0.2) is 0 Å². The first-order chi connectivity index (χ1) is 8.13. The molecule has 0 radical (unpaired) electrons. The van der Waals surface area contributed by atoms with E-state index < -0.39 is 0 Å². The lowest BCUT2D eigenvalue weighted by Crippen LogP contribution is -2.42. The molecule has 1 amide bonds. The molecule has 1 heterocycles. The van der Waals surface area contributed by atoms with E-state index in [-0.39, 0.29) is 11.9 Å². The maximum absolute atomic E-state index is 11.6. The molecule has 0 saturated carbocycles. The van der Waals surface area contributed by atoms with Crippen LogP contribution < -0.4 is 10.6 Å². The monoisotopic (exact) mass is 235 g/mol. The minimum absolute atomic E-state index is 0.0407. The largest absolute Gasteiger partial charge is 0.355 e. The first kappa shape index (κ1) is 13.6. The number of nitrogens with zero attached hydrogens (tertiary/aromatic N) is 1. The average Bonchev–Trinajstić information content (AvgIpc) is 2.34. The van der Waals surface area contributed by atoms with Crippen molar-refractivity contribution in [2.45, 2.75) is 39.8 Å². The zero-order valence-electron chi connectivity index (χ0n) is 10.8. The first-order valence-electron chi connectivity index (χ1n) is 6.06. The summed E-state index contributed by atoms with van der Waals surface area (Å²) in [5.41, 5.74) is 2.09. The van der Waals surface area contributed by atoms with Gasteiger partial charge in [0.2, 0.25) is 5.91 Å². The van der Waals surface area contributed by atoms with Crippen LogP contribution in [0.1, 0.15) is 31.5 Å². The van der Waals surface area contributed by atoms with E-state index >= 15 is 0 Å². The van der Waals surface area contributed by atoms with Crippen molar-refractivity contribution in [2.24, 2.45) is 0 Å². The van der Waals surface area contributed by atoms with Crippen molar-refractivity contribution >= 4 is 5.91 Å². The van der Waals surface area contributed by atoms with Gasteiger partial charge in [-0.1, -0.05) is 13.0 Å². The van der Waals surface area contributed by atoms with Crippen molar-refractivity contribution in [1.82, 2.24) is 15.6 Å². The van der Waals surface area contributed by atoms with Crippen LogP contribution in [0.4, 0.5) is 0 Å². The quantitative estimate of drug-likeness (QED) is 0.783. The van der Waals surface area contributed by atoms with E-state index in [9.17, 15) is 4.79 Å². The van der Waals surface area contributed by atoms with Crippen LogP contribution >= 0.6 is 0 Å². The number of rotatable bonds is 6. The molecule has 1 rings (SSSR count). The number of pyridine rings is 1. The lowest BCUT2D eigenvalue weighted by atomic mass is 10.2. The predicted molar refractivity (Wildman–Crippen MR) is 68.6 cm³/mol. The topological polar surface area (TPSA) is 54.0 Å². The number of aromatic nitrogens is 1. The van der Waals surface area contributed by atoms with Crippen LogP contribution in [0.15, 0.2) is 18.3 Å². The molecule has 0 aliphatic rings. The van der Waals surface area contributed by atoms with Crippen LogP contribution in [0.25, 0.3) is 0 Å². The molecule has 0 fully saturated rings. The molecule has 17 heavy (non-hydrogen) atoms. The van der Waals surface area contributed by atoms with E-state index in [2.05, 4.69) is 15.6 Å². The van der Waals surface area contributed by atoms with Crippen LogP contribution in [-0.4, -0.2) is 23.5 Å². The van der Waals surface area contributed by atoms with Gasteiger partial charge < -0.3 is 10.6 Å². The molecule has 0 saturated heterocycles. The van der Waals surface area contributed by atoms with E-state index in [4.69, 9.17) is 0 Å². The third-order valence-corrected chi connectivity index (χ3v) is 2.50. The Labute approximate surface area is 103 Å². The predicted octanol–water partition coefficient (Wildman–Crippen LogP) is 1.39. The summed E-state index contributed by atoms with van der Waals surface area (Å²) in [5.74, 6) is 0.0407. The van der Waals surface area contributed by atoms with Gasteiger partial charge >= 0.3 is 0 Å². The van der Waals surface area contributed by atoms with E-state index in [0.717, 1.165) is 24.2 Å². The summed E-state index contributed by atoms with van der Waals surface area (Å²) in [6, 6.07) is 3.80. The molecule has 0 aromatic carbocycles. The fourth-order valence-corrected chi connectivity index (χ4v) is 1.35. The maximum atomic E-state index is 11.6. The van der Waals surface area contributed by atoms with Crippen LogP contribution in [0.2, 0.25) is 0 Å². The van der Waals surface area contributed by atoms with Crippen molar-refractivity contribution in [2.75, 3.05) is 6.54 Å². The fraction of sp³-hybridized carbons (Fsp3) is 0.538. The highest BCUT2D eigenvalue weighted by Gasteiger charge is 2.10. The smallest absolute Gasteiger partial charge is 0.236 e. The molecule has 0 aliphatic carbocycles. The summed E-state index contributed by atoms with van der Waals surface area (Å²) in [6.45, 7) is 7.24. The lowest BCUT2D eigenvalue weighted by molar-refractivity contribution is -0.122. The molecule has 2 N–H and O–H groups in total.